The molecule has 0 fully saturated rings. The summed E-state index contributed by atoms with van der Waals surface area (Å²) in [5.74, 6) is -0.993. The molecule has 0 aliphatic heterocycles. The zero-order chi connectivity index (χ0) is 9.68. The first-order valence-corrected chi connectivity index (χ1v) is 3.49. The van der Waals surface area contributed by atoms with Gasteiger partial charge < -0.3 is 5.11 Å². The minimum atomic E-state index is -0.993. The number of carbonyl (C=O) groups is 1. The van der Waals surface area contributed by atoms with Crippen molar-refractivity contribution in [3.63, 3.8) is 0 Å². The van der Waals surface area contributed by atoms with Crippen molar-refractivity contribution in [1.82, 2.24) is 5.59 Å². The molecule has 0 saturated carbocycles. The summed E-state index contributed by atoms with van der Waals surface area (Å²) in [5, 5.41) is 20.1. The lowest BCUT2D eigenvalue weighted by molar-refractivity contribution is 0.0697. The maximum absolute atomic E-state index is 10.5. The second-order valence-corrected chi connectivity index (χ2v) is 2.29. The van der Waals surface area contributed by atoms with E-state index in [1.807, 2.05) is 0 Å². The van der Waals surface area contributed by atoms with Crippen LogP contribution in [-0.4, -0.2) is 22.5 Å². The third-order valence-electron chi connectivity index (χ3n) is 1.40. The van der Waals surface area contributed by atoms with E-state index in [1.165, 1.54) is 18.3 Å². The van der Waals surface area contributed by atoms with E-state index in [0.29, 0.717) is 5.56 Å². The molecular weight excluding hydrogens is 172 g/mol. The summed E-state index contributed by atoms with van der Waals surface area (Å²) in [4.78, 5) is 10.5. The molecule has 0 aliphatic carbocycles. The first-order chi connectivity index (χ1) is 6.24. The fourth-order valence-electron chi connectivity index (χ4n) is 0.855. The molecule has 0 radical (unpaired) electrons. The second kappa shape index (κ2) is 4.22. The average molecular weight is 180 g/mol. The molecule has 0 atom stereocenters. The number of hydrogen-bond acceptors (Lipinski definition) is 4. The first kappa shape index (κ1) is 9.21. The Balaban J connectivity index is 2.92. The van der Waals surface area contributed by atoms with Crippen molar-refractivity contribution in [1.29, 1.82) is 0 Å². The Morgan fingerprint density at radius 2 is 2.31 bits per heavy atom. The van der Waals surface area contributed by atoms with Crippen molar-refractivity contribution in [3.8, 4) is 0 Å². The van der Waals surface area contributed by atoms with Gasteiger partial charge in [-0.1, -0.05) is 12.1 Å². The van der Waals surface area contributed by atoms with Crippen molar-refractivity contribution < 1.29 is 15.1 Å². The average Bonchev–Trinajstić information content (AvgIpc) is 2.15. The van der Waals surface area contributed by atoms with E-state index in [2.05, 4.69) is 5.10 Å². The highest BCUT2D eigenvalue weighted by Gasteiger charge is 2.00. The van der Waals surface area contributed by atoms with Gasteiger partial charge in [-0.05, 0) is 17.7 Å². The Morgan fingerprint density at radius 1 is 1.54 bits per heavy atom. The molecule has 13 heavy (non-hydrogen) atoms. The van der Waals surface area contributed by atoms with Crippen LogP contribution in [0.5, 0.6) is 0 Å². The predicted molar refractivity (Wildman–Crippen MR) is 45.9 cm³/mol. The molecule has 0 bridgehead atoms. The zero-order valence-corrected chi connectivity index (χ0v) is 6.64. The molecule has 3 N–H and O–H groups in total. The van der Waals surface area contributed by atoms with E-state index in [9.17, 15) is 4.79 Å². The maximum Gasteiger partial charge on any atom is 0.335 e. The summed E-state index contributed by atoms with van der Waals surface area (Å²) < 4.78 is 0. The molecule has 0 saturated heterocycles. The van der Waals surface area contributed by atoms with Crippen molar-refractivity contribution in [3.05, 3.63) is 35.4 Å². The predicted octanol–water partition coefficient (Wildman–Crippen LogP) is 0.698. The first-order valence-electron chi connectivity index (χ1n) is 3.49. The number of carboxylic acids is 1. The van der Waals surface area contributed by atoms with Crippen molar-refractivity contribution in [2.45, 2.75) is 0 Å². The van der Waals surface area contributed by atoms with Gasteiger partial charge in [0.2, 0.25) is 0 Å². The van der Waals surface area contributed by atoms with Gasteiger partial charge in [0, 0.05) is 0 Å². The van der Waals surface area contributed by atoms with E-state index < -0.39 is 5.97 Å². The van der Waals surface area contributed by atoms with Crippen LogP contribution in [0.2, 0.25) is 0 Å². The summed E-state index contributed by atoms with van der Waals surface area (Å²) in [7, 11) is 0. The molecular formula is C8H8N2O3. The molecule has 1 aromatic carbocycles. The van der Waals surface area contributed by atoms with E-state index in [-0.39, 0.29) is 5.56 Å². The Bertz CT molecular complexity index is 336. The Morgan fingerprint density at radius 3 is 2.92 bits per heavy atom. The van der Waals surface area contributed by atoms with Gasteiger partial charge in [-0.2, -0.15) is 10.7 Å². The number of benzene rings is 1. The Labute approximate surface area is 74.3 Å². The van der Waals surface area contributed by atoms with Crippen LogP contribution in [0.25, 0.3) is 0 Å². The van der Waals surface area contributed by atoms with Crippen LogP contribution in [0.3, 0.4) is 0 Å². The number of nitrogens with one attached hydrogen (secondary N) is 1. The van der Waals surface area contributed by atoms with E-state index in [1.54, 1.807) is 17.7 Å². The van der Waals surface area contributed by atoms with Crippen molar-refractivity contribution >= 4 is 12.2 Å². The maximum atomic E-state index is 10.5. The Kier molecular flexibility index (Phi) is 2.99. The lowest BCUT2D eigenvalue weighted by atomic mass is 10.1. The molecule has 1 rings (SSSR count). The van der Waals surface area contributed by atoms with Gasteiger partial charge in [0.25, 0.3) is 0 Å². The third-order valence-corrected chi connectivity index (χ3v) is 1.40. The highest BCUT2D eigenvalue weighted by atomic mass is 16.5. The van der Waals surface area contributed by atoms with Gasteiger partial charge >= 0.3 is 5.97 Å². The van der Waals surface area contributed by atoms with Crippen LogP contribution in [0, 0.1) is 0 Å². The fraction of sp³-hybridized carbons (Fsp3) is 0. The number of carboxylic acid groups (broad SMARTS) is 1. The van der Waals surface area contributed by atoms with Gasteiger partial charge in [0.15, 0.2) is 0 Å². The minimum Gasteiger partial charge on any atom is -0.478 e. The quantitative estimate of drug-likeness (QED) is 0.472. The highest BCUT2D eigenvalue weighted by molar-refractivity contribution is 5.90. The summed E-state index contributed by atoms with van der Waals surface area (Å²) in [6.07, 6.45) is 1.31. The van der Waals surface area contributed by atoms with Gasteiger partial charge in [0.05, 0.1) is 11.8 Å². The molecule has 0 spiro atoms. The summed E-state index contributed by atoms with van der Waals surface area (Å²) in [5.41, 5.74) is 2.37. The molecule has 0 amide bonds. The standard InChI is InChI=1S/C8H8N2O3/c11-8(12)7-3-1-2-6(4-7)5-9-10-13/h1-5,10,13H,(H,11,12). The fourth-order valence-corrected chi connectivity index (χ4v) is 0.855. The van der Waals surface area contributed by atoms with E-state index in [4.69, 9.17) is 10.3 Å². The molecule has 0 heterocycles. The lowest BCUT2D eigenvalue weighted by Gasteiger charge is -1.95. The molecule has 1 aromatic rings. The van der Waals surface area contributed by atoms with Gasteiger partial charge in [-0.3, -0.25) is 5.21 Å². The van der Waals surface area contributed by atoms with Crippen LogP contribution in [0.15, 0.2) is 29.4 Å². The zero-order valence-electron chi connectivity index (χ0n) is 6.64. The van der Waals surface area contributed by atoms with Crippen LogP contribution < -0.4 is 5.59 Å². The summed E-state index contributed by atoms with van der Waals surface area (Å²) in [6.45, 7) is 0. The monoisotopic (exact) mass is 180 g/mol. The summed E-state index contributed by atoms with van der Waals surface area (Å²) in [6, 6.07) is 6.20. The van der Waals surface area contributed by atoms with Crippen molar-refractivity contribution in [2.24, 2.45) is 5.10 Å². The smallest absolute Gasteiger partial charge is 0.335 e. The molecule has 0 aromatic heterocycles. The second-order valence-electron chi connectivity index (χ2n) is 2.29. The van der Waals surface area contributed by atoms with Crippen LogP contribution in [0.4, 0.5) is 0 Å². The van der Waals surface area contributed by atoms with Gasteiger partial charge in [0.1, 0.15) is 0 Å². The van der Waals surface area contributed by atoms with Crippen LogP contribution >= 0.6 is 0 Å². The number of hydrazone groups is 1. The molecule has 0 unspecified atom stereocenters. The van der Waals surface area contributed by atoms with Gasteiger partial charge in [-0.25, -0.2) is 4.79 Å². The topological polar surface area (TPSA) is 81.9 Å². The number of aromatic carboxylic acids is 1. The molecule has 5 nitrogen and oxygen atoms in total. The van der Waals surface area contributed by atoms with Crippen LogP contribution in [-0.2, 0) is 0 Å². The highest BCUT2D eigenvalue weighted by Crippen LogP contribution is 2.02. The van der Waals surface area contributed by atoms with Gasteiger partial charge in [-0.15, -0.1) is 0 Å². The van der Waals surface area contributed by atoms with Crippen LogP contribution in [0.1, 0.15) is 15.9 Å². The third kappa shape index (κ3) is 2.57. The number of rotatable bonds is 3. The van der Waals surface area contributed by atoms with E-state index >= 15 is 0 Å². The van der Waals surface area contributed by atoms with E-state index in [0.717, 1.165) is 0 Å². The molecule has 0 aliphatic rings. The Hall–Kier alpha value is -1.88. The SMILES string of the molecule is O=C(O)c1cccc(C=NNO)c1. The minimum absolute atomic E-state index is 0.182. The largest absolute Gasteiger partial charge is 0.478 e. The number of hydrogen-bond donors (Lipinski definition) is 3. The van der Waals surface area contributed by atoms with Crippen molar-refractivity contribution in [2.75, 3.05) is 0 Å². The summed E-state index contributed by atoms with van der Waals surface area (Å²) >= 11 is 0. The normalized spacial score (nSPS) is 10.2. The number of nitrogens with zero attached hydrogens (tertiary/aromatic N) is 1. The lowest BCUT2D eigenvalue weighted by Crippen LogP contribution is -1.99. The molecule has 68 valence electrons. The molecule has 5 heteroatoms.